The van der Waals surface area contributed by atoms with E-state index in [4.69, 9.17) is 0 Å². The topological polar surface area (TPSA) is 66.4 Å². The zero-order valence-corrected chi connectivity index (χ0v) is 14.7. The Hall–Kier alpha value is -2.69. The quantitative estimate of drug-likeness (QED) is 0.848. The molecule has 5 heteroatoms. The molecule has 0 aliphatic heterocycles. The maximum atomic E-state index is 14.5. The van der Waals surface area contributed by atoms with Gasteiger partial charge in [-0.3, -0.25) is 4.79 Å². The van der Waals surface area contributed by atoms with Crippen LogP contribution in [0.15, 0.2) is 48.5 Å². The zero-order valence-electron chi connectivity index (χ0n) is 14.7. The summed E-state index contributed by atoms with van der Waals surface area (Å²) in [5, 5.41) is 12.2. The van der Waals surface area contributed by atoms with E-state index >= 15 is 0 Å². The second kappa shape index (κ2) is 7.28. The summed E-state index contributed by atoms with van der Waals surface area (Å²) < 4.78 is 14.5. The Morgan fingerprint density at radius 2 is 1.77 bits per heavy atom. The van der Waals surface area contributed by atoms with Gasteiger partial charge in [-0.05, 0) is 37.0 Å². The van der Waals surface area contributed by atoms with Gasteiger partial charge in [-0.15, -0.1) is 0 Å². The number of carboxylic acid groups (broad SMARTS) is 1. The fourth-order valence-corrected chi connectivity index (χ4v) is 3.52. The van der Waals surface area contributed by atoms with Gasteiger partial charge in [0.05, 0.1) is 5.92 Å². The Labute approximate surface area is 152 Å². The summed E-state index contributed by atoms with van der Waals surface area (Å²) in [6, 6.07) is 13.9. The molecule has 1 aliphatic rings. The van der Waals surface area contributed by atoms with Gasteiger partial charge in [0.1, 0.15) is 11.4 Å². The molecule has 1 aliphatic carbocycles. The number of halogens is 1. The van der Waals surface area contributed by atoms with Crippen LogP contribution < -0.4 is 5.32 Å². The van der Waals surface area contributed by atoms with Crippen LogP contribution in [0.25, 0.3) is 11.1 Å². The zero-order chi connectivity index (χ0) is 18.7. The van der Waals surface area contributed by atoms with E-state index in [2.05, 4.69) is 5.32 Å². The molecule has 1 atom stereocenters. The van der Waals surface area contributed by atoms with Crippen molar-refractivity contribution in [1.82, 2.24) is 5.32 Å². The summed E-state index contributed by atoms with van der Waals surface area (Å²) >= 11 is 0. The lowest BCUT2D eigenvalue weighted by Crippen LogP contribution is -2.53. The Bertz CT molecular complexity index is 813. The molecule has 0 radical (unpaired) electrons. The van der Waals surface area contributed by atoms with Crippen LogP contribution in [0.3, 0.4) is 0 Å². The van der Waals surface area contributed by atoms with Crippen molar-refractivity contribution in [3.05, 3.63) is 59.9 Å². The van der Waals surface area contributed by atoms with Crippen LogP contribution >= 0.6 is 0 Å². The first-order valence-electron chi connectivity index (χ1n) is 8.83. The molecule has 4 nitrogen and oxygen atoms in total. The van der Waals surface area contributed by atoms with Crippen molar-refractivity contribution in [2.24, 2.45) is 0 Å². The second-order valence-electron chi connectivity index (χ2n) is 6.91. The van der Waals surface area contributed by atoms with Crippen LogP contribution in [-0.4, -0.2) is 22.5 Å². The summed E-state index contributed by atoms with van der Waals surface area (Å²) in [4.78, 5) is 24.2. The van der Waals surface area contributed by atoms with E-state index in [0.717, 1.165) is 18.4 Å². The molecule has 2 aromatic rings. The number of amides is 1. The van der Waals surface area contributed by atoms with Gasteiger partial charge in [-0.1, -0.05) is 55.3 Å². The molecule has 0 aromatic heterocycles. The van der Waals surface area contributed by atoms with Crippen molar-refractivity contribution >= 4 is 11.9 Å². The molecule has 1 unspecified atom stereocenters. The van der Waals surface area contributed by atoms with Crippen LogP contribution in [-0.2, 0) is 9.59 Å². The van der Waals surface area contributed by atoms with E-state index in [9.17, 15) is 19.1 Å². The normalized spacial score (nSPS) is 16.8. The molecule has 1 amide bonds. The van der Waals surface area contributed by atoms with E-state index < -0.39 is 23.2 Å². The molecule has 3 rings (SSSR count). The Morgan fingerprint density at radius 1 is 1.12 bits per heavy atom. The minimum Gasteiger partial charge on any atom is -0.480 e. The minimum absolute atomic E-state index is 0.388. The average molecular weight is 355 g/mol. The molecular weight excluding hydrogens is 333 g/mol. The Balaban J connectivity index is 1.79. The molecule has 26 heavy (non-hydrogen) atoms. The number of hydrogen-bond donors (Lipinski definition) is 2. The number of aliphatic carboxylic acids is 1. The van der Waals surface area contributed by atoms with Crippen LogP contribution in [0.5, 0.6) is 0 Å². The van der Waals surface area contributed by atoms with Crippen molar-refractivity contribution in [1.29, 1.82) is 0 Å². The maximum absolute atomic E-state index is 14.5. The molecule has 0 saturated heterocycles. The van der Waals surface area contributed by atoms with E-state index in [1.54, 1.807) is 19.1 Å². The third kappa shape index (κ3) is 3.47. The van der Waals surface area contributed by atoms with Crippen molar-refractivity contribution < 1.29 is 19.1 Å². The number of carbonyl (C=O) groups is 2. The van der Waals surface area contributed by atoms with E-state index in [1.165, 1.54) is 6.07 Å². The molecule has 0 bridgehead atoms. The van der Waals surface area contributed by atoms with E-state index in [1.807, 2.05) is 30.3 Å². The molecule has 0 heterocycles. The van der Waals surface area contributed by atoms with Gasteiger partial charge in [-0.2, -0.15) is 0 Å². The highest BCUT2D eigenvalue weighted by molar-refractivity contribution is 5.90. The van der Waals surface area contributed by atoms with Crippen LogP contribution in [0, 0.1) is 5.82 Å². The Kier molecular flexibility index (Phi) is 5.07. The van der Waals surface area contributed by atoms with Crippen molar-refractivity contribution in [3.63, 3.8) is 0 Å². The molecule has 2 N–H and O–H groups in total. The summed E-state index contributed by atoms with van der Waals surface area (Å²) in [7, 11) is 0. The first-order valence-corrected chi connectivity index (χ1v) is 8.83. The first-order chi connectivity index (χ1) is 12.4. The molecule has 136 valence electrons. The third-order valence-electron chi connectivity index (χ3n) is 5.20. The standard InChI is InChI=1S/C21H22FNO3/c1-14(19(24)23-21(20(25)26)11-5-6-12-21)16-9-10-17(18(22)13-16)15-7-3-2-4-8-15/h2-4,7-10,13-14H,5-6,11-12H2,1H3,(H,23,24)(H,25,26). The summed E-state index contributed by atoms with van der Waals surface area (Å²) in [5.74, 6) is -2.42. The lowest BCUT2D eigenvalue weighted by molar-refractivity contribution is -0.147. The fraction of sp³-hybridized carbons (Fsp3) is 0.333. The van der Waals surface area contributed by atoms with Crippen LogP contribution in [0.2, 0.25) is 0 Å². The number of rotatable bonds is 5. The average Bonchev–Trinajstić information content (AvgIpc) is 3.11. The molecular formula is C21H22FNO3. The highest BCUT2D eigenvalue weighted by Crippen LogP contribution is 2.31. The van der Waals surface area contributed by atoms with E-state index in [0.29, 0.717) is 24.0 Å². The van der Waals surface area contributed by atoms with Crippen LogP contribution in [0.1, 0.15) is 44.1 Å². The number of nitrogens with one attached hydrogen (secondary N) is 1. The van der Waals surface area contributed by atoms with Crippen molar-refractivity contribution in [2.45, 2.75) is 44.1 Å². The molecule has 1 fully saturated rings. The fourth-order valence-electron chi connectivity index (χ4n) is 3.52. The summed E-state index contributed by atoms with van der Waals surface area (Å²) in [6.07, 6.45) is 2.42. The van der Waals surface area contributed by atoms with Gasteiger partial charge in [0, 0.05) is 5.56 Å². The predicted octanol–water partition coefficient (Wildman–Crippen LogP) is 4.11. The predicted molar refractivity (Wildman–Crippen MR) is 97.2 cm³/mol. The monoisotopic (exact) mass is 355 g/mol. The van der Waals surface area contributed by atoms with Crippen molar-refractivity contribution in [2.75, 3.05) is 0 Å². The highest BCUT2D eigenvalue weighted by atomic mass is 19.1. The highest BCUT2D eigenvalue weighted by Gasteiger charge is 2.43. The second-order valence-corrected chi connectivity index (χ2v) is 6.91. The summed E-state index contributed by atoms with van der Waals surface area (Å²) in [6.45, 7) is 1.66. The van der Waals surface area contributed by atoms with Crippen molar-refractivity contribution in [3.8, 4) is 11.1 Å². The molecule has 2 aromatic carbocycles. The van der Waals surface area contributed by atoms with Gasteiger partial charge in [0.15, 0.2) is 0 Å². The van der Waals surface area contributed by atoms with Gasteiger partial charge in [-0.25, -0.2) is 9.18 Å². The number of benzene rings is 2. The van der Waals surface area contributed by atoms with E-state index in [-0.39, 0.29) is 5.91 Å². The lowest BCUT2D eigenvalue weighted by Gasteiger charge is -2.27. The Morgan fingerprint density at radius 3 is 2.35 bits per heavy atom. The third-order valence-corrected chi connectivity index (χ3v) is 5.20. The van der Waals surface area contributed by atoms with Gasteiger partial charge < -0.3 is 10.4 Å². The molecule has 1 saturated carbocycles. The van der Waals surface area contributed by atoms with Crippen LogP contribution in [0.4, 0.5) is 4.39 Å². The maximum Gasteiger partial charge on any atom is 0.329 e. The summed E-state index contributed by atoms with van der Waals surface area (Å²) in [5.41, 5.74) is 0.579. The molecule has 0 spiro atoms. The first kappa shape index (κ1) is 18.1. The number of hydrogen-bond acceptors (Lipinski definition) is 2. The van der Waals surface area contributed by atoms with Gasteiger partial charge in [0.25, 0.3) is 0 Å². The minimum atomic E-state index is -1.19. The smallest absolute Gasteiger partial charge is 0.329 e. The number of carboxylic acids is 1. The largest absolute Gasteiger partial charge is 0.480 e. The lowest BCUT2D eigenvalue weighted by atomic mass is 9.93. The number of carbonyl (C=O) groups excluding carboxylic acids is 1. The van der Waals surface area contributed by atoms with Gasteiger partial charge in [0.2, 0.25) is 5.91 Å². The van der Waals surface area contributed by atoms with Gasteiger partial charge >= 0.3 is 5.97 Å². The SMILES string of the molecule is CC(C(=O)NC1(C(=O)O)CCCC1)c1ccc(-c2ccccc2)c(F)c1.